The quantitative estimate of drug-likeness (QED) is 0.746. The molecule has 0 aliphatic carbocycles. The second-order valence-corrected chi connectivity index (χ2v) is 2.30. The molecule has 0 atom stereocenters. The van der Waals surface area contributed by atoms with Gasteiger partial charge in [0.1, 0.15) is 5.69 Å². The van der Waals surface area contributed by atoms with E-state index in [2.05, 4.69) is 10.3 Å². The van der Waals surface area contributed by atoms with Gasteiger partial charge in [0.25, 0.3) is 12.3 Å². The fraction of sp³-hybridized carbons (Fsp3) is 0.500. The van der Waals surface area contributed by atoms with Crippen LogP contribution in [0.1, 0.15) is 29.5 Å². The van der Waals surface area contributed by atoms with Gasteiger partial charge in [-0.15, -0.1) is 5.10 Å². The molecule has 0 spiro atoms. The molecule has 13 heavy (non-hydrogen) atoms. The van der Waals surface area contributed by atoms with Gasteiger partial charge in [0.2, 0.25) is 0 Å². The summed E-state index contributed by atoms with van der Waals surface area (Å²) in [4.78, 5) is 10.6. The first kappa shape index (κ1) is 9.56. The minimum absolute atomic E-state index is 0.222. The van der Waals surface area contributed by atoms with Crippen molar-refractivity contribution >= 4 is 5.91 Å². The van der Waals surface area contributed by atoms with Gasteiger partial charge in [0.15, 0.2) is 5.69 Å². The molecule has 1 aromatic rings. The molecule has 0 fully saturated rings. The van der Waals surface area contributed by atoms with E-state index in [9.17, 15) is 13.6 Å². The Bertz CT molecular complexity index is 322. The van der Waals surface area contributed by atoms with Gasteiger partial charge in [-0.25, -0.2) is 13.5 Å². The van der Waals surface area contributed by atoms with Crippen molar-refractivity contribution in [2.24, 2.45) is 5.73 Å². The fourth-order valence-electron chi connectivity index (χ4n) is 0.945. The highest BCUT2D eigenvalue weighted by molar-refractivity contribution is 5.91. The van der Waals surface area contributed by atoms with E-state index in [0.717, 1.165) is 4.68 Å². The highest BCUT2D eigenvalue weighted by Gasteiger charge is 2.24. The van der Waals surface area contributed by atoms with Crippen molar-refractivity contribution in [3.05, 3.63) is 11.4 Å². The van der Waals surface area contributed by atoms with Crippen LogP contribution >= 0.6 is 0 Å². The van der Waals surface area contributed by atoms with Crippen LogP contribution in [0.2, 0.25) is 0 Å². The number of aromatic nitrogens is 3. The second kappa shape index (κ2) is 3.46. The standard InChI is InChI=1S/C6H8F2N4O/c1-2-12-4(5(7)8)3(6(9)13)10-11-12/h5H,2H2,1H3,(H2,9,13). The second-order valence-electron chi connectivity index (χ2n) is 2.30. The summed E-state index contributed by atoms with van der Waals surface area (Å²) in [6.45, 7) is 1.84. The third-order valence-corrected chi connectivity index (χ3v) is 1.51. The van der Waals surface area contributed by atoms with Crippen LogP contribution in [-0.2, 0) is 6.54 Å². The molecule has 1 aromatic heterocycles. The van der Waals surface area contributed by atoms with Crippen LogP contribution in [-0.4, -0.2) is 20.9 Å². The van der Waals surface area contributed by atoms with Gasteiger partial charge in [0.05, 0.1) is 0 Å². The molecular formula is C6H8F2N4O. The lowest BCUT2D eigenvalue weighted by atomic mass is 10.3. The SMILES string of the molecule is CCn1nnc(C(N)=O)c1C(F)F. The van der Waals surface area contributed by atoms with Gasteiger partial charge in [-0.05, 0) is 6.92 Å². The zero-order valence-corrected chi connectivity index (χ0v) is 6.87. The highest BCUT2D eigenvalue weighted by Crippen LogP contribution is 2.20. The minimum Gasteiger partial charge on any atom is -0.364 e. The van der Waals surface area contributed by atoms with Crippen LogP contribution in [0.3, 0.4) is 0 Å². The Hall–Kier alpha value is -1.53. The Balaban J connectivity index is 3.22. The normalized spacial score (nSPS) is 10.8. The number of alkyl halides is 2. The zero-order valence-electron chi connectivity index (χ0n) is 6.87. The molecule has 1 rings (SSSR count). The van der Waals surface area contributed by atoms with Crippen LogP contribution in [0.5, 0.6) is 0 Å². The van der Waals surface area contributed by atoms with Crippen LogP contribution in [0.4, 0.5) is 8.78 Å². The number of primary amides is 1. The number of amides is 1. The van der Waals surface area contributed by atoms with Gasteiger partial charge in [-0.2, -0.15) is 0 Å². The van der Waals surface area contributed by atoms with Gasteiger partial charge < -0.3 is 5.73 Å². The van der Waals surface area contributed by atoms with Gasteiger partial charge in [0, 0.05) is 6.54 Å². The Kier molecular flexibility index (Phi) is 2.54. The van der Waals surface area contributed by atoms with Crippen molar-refractivity contribution < 1.29 is 13.6 Å². The molecule has 72 valence electrons. The van der Waals surface area contributed by atoms with E-state index in [-0.39, 0.29) is 6.54 Å². The Morgan fingerprint density at radius 3 is 2.69 bits per heavy atom. The molecule has 1 heterocycles. The molecule has 2 N–H and O–H groups in total. The molecule has 1 amide bonds. The number of carbonyl (C=O) groups is 1. The van der Waals surface area contributed by atoms with Crippen LogP contribution in [0.15, 0.2) is 0 Å². The van der Waals surface area contributed by atoms with E-state index in [1.54, 1.807) is 6.92 Å². The lowest BCUT2D eigenvalue weighted by molar-refractivity contribution is 0.0977. The number of halogens is 2. The smallest absolute Gasteiger partial charge is 0.282 e. The molecule has 0 unspecified atom stereocenters. The van der Waals surface area contributed by atoms with Crippen molar-refractivity contribution in [2.45, 2.75) is 19.9 Å². The molecular weight excluding hydrogens is 182 g/mol. The summed E-state index contributed by atoms with van der Waals surface area (Å²) in [7, 11) is 0. The van der Waals surface area contributed by atoms with E-state index < -0.39 is 23.7 Å². The van der Waals surface area contributed by atoms with Crippen LogP contribution in [0, 0.1) is 0 Å². The number of aryl methyl sites for hydroxylation is 1. The largest absolute Gasteiger partial charge is 0.364 e. The molecule has 0 aliphatic heterocycles. The summed E-state index contributed by atoms with van der Waals surface area (Å²) >= 11 is 0. The lowest BCUT2D eigenvalue weighted by Gasteiger charge is -2.01. The van der Waals surface area contributed by atoms with Crippen molar-refractivity contribution in [3.8, 4) is 0 Å². The van der Waals surface area contributed by atoms with Crippen molar-refractivity contribution in [1.29, 1.82) is 0 Å². The molecule has 0 aromatic carbocycles. The first-order valence-corrected chi connectivity index (χ1v) is 3.59. The summed E-state index contributed by atoms with van der Waals surface area (Å²) in [5.74, 6) is -0.991. The molecule has 0 saturated heterocycles. The van der Waals surface area contributed by atoms with Gasteiger partial charge in [-0.1, -0.05) is 5.21 Å². The zero-order chi connectivity index (χ0) is 10.0. The molecule has 0 saturated carbocycles. The first-order valence-electron chi connectivity index (χ1n) is 3.59. The maximum atomic E-state index is 12.4. The van der Waals surface area contributed by atoms with Crippen molar-refractivity contribution in [1.82, 2.24) is 15.0 Å². The third-order valence-electron chi connectivity index (χ3n) is 1.51. The van der Waals surface area contributed by atoms with E-state index in [0.29, 0.717) is 0 Å². The fourth-order valence-corrected chi connectivity index (χ4v) is 0.945. The minimum atomic E-state index is -2.79. The van der Waals surface area contributed by atoms with E-state index in [4.69, 9.17) is 5.73 Å². The van der Waals surface area contributed by atoms with Crippen LogP contribution < -0.4 is 5.73 Å². The maximum Gasteiger partial charge on any atom is 0.282 e. The number of hydrogen-bond acceptors (Lipinski definition) is 3. The average molecular weight is 190 g/mol. The maximum absolute atomic E-state index is 12.4. The Labute approximate surface area is 72.5 Å². The summed E-state index contributed by atoms with van der Waals surface area (Å²) < 4.78 is 25.7. The monoisotopic (exact) mass is 190 g/mol. The van der Waals surface area contributed by atoms with Crippen LogP contribution in [0.25, 0.3) is 0 Å². The lowest BCUT2D eigenvalue weighted by Crippen LogP contribution is -2.15. The summed E-state index contributed by atoms with van der Waals surface area (Å²) in [6, 6.07) is 0. The van der Waals surface area contributed by atoms with E-state index in [1.807, 2.05) is 0 Å². The van der Waals surface area contributed by atoms with Gasteiger partial charge in [-0.3, -0.25) is 4.79 Å². The predicted octanol–water partition coefficient (Wildman–Crippen LogP) is 0.335. The first-order chi connectivity index (χ1) is 6.07. The molecule has 0 aliphatic rings. The van der Waals surface area contributed by atoms with Crippen molar-refractivity contribution in [3.63, 3.8) is 0 Å². The Morgan fingerprint density at radius 2 is 2.31 bits per heavy atom. The number of nitrogens with zero attached hydrogens (tertiary/aromatic N) is 3. The Morgan fingerprint density at radius 1 is 1.69 bits per heavy atom. The topological polar surface area (TPSA) is 73.8 Å². The average Bonchev–Trinajstić information content (AvgIpc) is 2.46. The molecule has 0 bridgehead atoms. The number of rotatable bonds is 3. The highest BCUT2D eigenvalue weighted by atomic mass is 19.3. The molecule has 0 radical (unpaired) electrons. The molecule has 7 heteroatoms. The number of nitrogens with two attached hydrogens (primary N) is 1. The van der Waals surface area contributed by atoms with E-state index in [1.165, 1.54) is 0 Å². The van der Waals surface area contributed by atoms with E-state index >= 15 is 0 Å². The van der Waals surface area contributed by atoms with Crippen molar-refractivity contribution in [2.75, 3.05) is 0 Å². The summed E-state index contributed by atoms with van der Waals surface area (Å²) in [5, 5.41) is 6.63. The summed E-state index contributed by atoms with van der Waals surface area (Å²) in [5.41, 5.74) is 3.85. The third kappa shape index (κ3) is 1.63. The molecule has 5 nitrogen and oxygen atoms in total. The van der Waals surface area contributed by atoms with Gasteiger partial charge >= 0.3 is 0 Å². The number of hydrogen-bond donors (Lipinski definition) is 1. The number of carbonyl (C=O) groups excluding carboxylic acids is 1. The predicted molar refractivity (Wildman–Crippen MR) is 39.2 cm³/mol. The summed E-state index contributed by atoms with van der Waals surface area (Å²) in [6.07, 6.45) is -2.79.